The Labute approximate surface area is 191 Å². The van der Waals surface area contributed by atoms with Crippen molar-refractivity contribution in [3.8, 4) is 0 Å². The van der Waals surface area contributed by atoms with Gasteiger partial charge in [0.05, 0.1) is 29.7 Å². The number of nitrogens with one attached hydrogen (secondary N) is 1. The zero-order chi connectivity index (χ0) is 24.0. The van der Waals surface area contributed by atoms with Gasteiger partial charge in [-0.1, -0.05) is 41.0 Å². The normalized spacial score (nSPS) is 25.1. The number of ether oxygens (including phenoxy) is 2. The van der Waals surface area contributed by atoms with Crippen LogP contribution in [0.25, 0.3) is 10.4 Å². The lowest BCUT2D eigenvalue weighted by molar-refractivity contribution is -0.234. The van der Waals surface area contributed by atoms with Gasteiger partial charge in [-0.05, 0) is 36.7 Å². The highest BCUT2D eigenvalue weighted by Crippen LogP contribution is 2.26. The van der Waals surface area contributed by atoms with E-state index in [1.54, 1.807) is 42.5 Å². The third-order valence-corrected chi connectivity index (χ3v) is 6.44. The summed E-state index contributed by atoms with van der Waals surface area (Å²) in [5.41, 5.74) is 10.2. The number of carbonyl (C=O) groups excluding carboxylic acids is 1. The molecule has 2 N–H and O–H groups in total. The number of aliphatic hydroxyl groups is 1. The fraction of sp³-hybridized carbons (Fsp3) is 0.381. The van der Waals surface area contributed by atoms with E-state index in [1.165, 1.54) is 19.2 Å². The number of hydrogen-bond acceptors (Lipinski definition) is 8. The standard InChI is InChI=1S/C21H24N4O7S/c1-13-8-10-15(11-9-13)33(28,29)31-12-16-19(26)17(24-25-22)18(21(30-2)32-16)23-20(27)14-6-4-3-5-7-14/h3-11,16-19,21,26H,12H2,1-2H3,(H,23,27)/t16-,17+,18-,19+,21-/m1/s1. The van der Waals surface area contributed by atoms with E-state index in [0.717, 1.165) is 5.56 Å². The highest BCUT2D eigenvalue weighted by atomic mass is 32.2. The van der Waals surface area contributed by atoms with Crippen LogP contribution in [0.15, 0.2) is 64.6 Å². The topological polar surface area (TPSA) is 160 Å². The quantitative estimate of drug-likeness (QED) is 0.255. The van der Waals surface area contributed by atoms with E-state index in [2.05, 4.69) is 15.3 Å². The summed E-state index contributed by atoms with van der Waals surface area (Å²) < 4.78 is 41.0. The molecule has 176 valence electrons. The van der Waals surface area contributed by atoms with Crippen LogP contribution in [0.1, 0.15) is 15.9 Å². The first kappa shape index (κ1) is 24.6. The first-order chi connectivity index (χ1) is 15.8. The number of amides is 1. The van der Waals surface area contributed by atoms with Crippen molar-refractivity contribution >= 4 is 16.0 Å². The Morgan fingerprint density at radius 1 is 1.21 bits per heavy atom. The smallest absolute Gasteiger partial charge is 0.297 e. The van der Waals surface area contributed by atoms with Crippen molar-refractivity contribution in [1.29, 1.82) is 0 Å². The highest BCUT2D eigenvalue weighted by Gasteiger charge is 2.46. The number of benzene rings is 2. The predicted molar refractivity (Wildman–Crippen MR) is 117 cm³/mol. The summed E-state index contributed by atoms with van der Waals surface area (Å²) in [6, 6.07) is 12.1. The fourth-order valence-corrected chi connectivity index (χ4v) is 4.30. The van der Waals surface area contributed by atoms with Gasteiger partial charge in [-0.2, -0.15) is 8.42 Å². The predicted octanol–water partition coefficient (Wildman–Crippen LogP) is 1.91. The molecule has 11 nitrogen and oxygen atoms in total. The van der Waals surface area contributed by atoms with Gasteiger partial charge in [0.15, 0.2) is 6.29 Å². The number of aryl methyl sites for hydroxylation is 1. The van der Waals surface area contributed by atoms with Crippen molar-refractivity contribution in [3.63, 3.8) is 0 Å². The summed E-state index contributed by atoms with van der Waals surface area (Å²) >= 11 is 0. The van der Waals surface area contributed by atoms with Crippen molar-refractivity contribution in [2.24, 2.45) is 5.11 Å². The summed E-state index contributed by atoms with van der Waals surface area (Å²) in [7, 11) is -2.82. The number of azide groups is 1. The first-order valence-corrected chi connectivity index (χ1v) is 11.4. The lowest BCUT2D eigenvalue weighted by Gasteiger charge is -2.42. The molecular formula is C21H24N4O7S. The minimum absolute atomic E-state index is 0.0544. The van der Waals surface area contributed by atoms with E-state index in [4.69, 9.17) is 19.2 Å². The Bertz CT molecular complexity index is 1110. The van der Waals surface area contributed by atoms with Gasteiger partial charge in [0.25, 0.3) is 16.0 Å². The van der Waals surface area contributed by atoms with Gasteiger partial charge in [0.2, 0.25) is 0 Å². The number of carbonyl (C=O) groups is 1. The molecule has 0 saturated carbocycles. The molecule has 5 atom stereocenters. The number of rotatable bonds is 8. The molecule has 1 heterocycles. The summed E-state index contributed by atoms with van der Waals surface area (Å²) in [6.45, 7) is 1.26. The largest absolute Gasteiger partial charge is 0.390 e. The second-order valence-corrected chi connectivity index (χ2v) is 9.00. The van der Waals surface area contributed by atoms with Crippen molar-refractivity contribution < 1.29 is 32.0 Å². The van der Waals surface area contributed by atoms with Crippen molar-refractivity contribution in [1.82, 2.24) is 5.32 Å². The monoisotopic (exact) mass is 476 g/mol. The molecule has 3 rings (SSSR count). The fourth-order valence-electron chi connectivity index (χ4n) is 3.38. The maximum atomic E-state index is 12.6. The van der Waals surface area contributed by atoms with Crippen LogP contribution in [0.4, 0.5) is 0 Å². The van der Waals surface area contributed by atoms with Crippen molar-refractivity contribution in [3.05, 3.63) is 76.2 Å². The number of methoxy groups -OCH3 is 1. The summed E-state index contributed by atoms with van der Waals surface area (Å²) in [5.74, 6) is -0.492. The van der Waals surface area contributed by atoms with Crippen molar-refractivity contribution in [2.75, 3.05) is 13.7 Å². The number of aliphatic hydroxyl groups excluding tert-OH is 1. The zero-order valence-electron chi connectivity index (χ0n) is 17.9. The second kappa shape index (κ2) is 10.8. The molecule has 1 aliphatic rings. The van der Waals surface area contributed by atoms with Gasteiger partial charge in [-0.3, -0.25) is 8.98 Å². The Hall–Kier alpha value is -2.99. The summed E-state index contributed by atoms with van der Waals surface area (Å²) in [5, 5.41) is 17.0. The molecule has 1 fully saturated rings. The van der Waals surface area contributed by atoms with Crippen LogP contribution in [-0.4, -0.2) is 63.7 Å². The van der Waals surface area contributed by atoms with Crippen LogP contribution in [0.5, 0.6) is 0 Å². The van der Waals surface area contributed by atoms with Crippen LogP contribution in [0.3, 0.4) is 0 Å². The Morgan fingerprint density at radius 3 is 2.48 bits per heavy atom. The molecule has 1 aliphatic heterocycles. The Morgan fingerprint density at radius 2 is 1.88 bits per heavy atom. The van der Waals surface area contributed by atoms with Gasteiger partial charge in [0.1, 0.15) is 6.10 Å². The molecule has 33 heavy (non-hydrogen) atoms. The molecule has 0 bridgehead atoms. The van der Waals surface area contributed by atoms with Gasteiger partial charge >= 0.3 is 0 Å². The van der Waals surface area contributed by atoms with Crippen LogP contribution in [0, 0.1) is 6.92 Å². The van der Waals surface area contributed by atoms with E-state index in [-0.39, 0.29) is 4.90 Å². The Kier molecular flexibility index (Phi) is 8.03. The molecule has 12 heteroatoms. The minimum atomic E-state index is -4.13. The third-order valence-electron chi connectivity index (χ3n) is 5.15. The highest BCUT2D eigenvalue weighted by molar-refractivity contribution is 7.86. The lowest BCUT2D eigenvalue weighted by atomic mass is 9.94. The number of nitrogens with zero attached hydrogens (tertiary/aromatic N) is 3. The van der Waals surface area contributed by atoms with E-state index in [1.807, 2.05) is 6.92 Å². The SMILES string of the molecule is CO[C@@H]1O[C@H](COS(=O)(=O)c2ccc(C)cc2)[C@H](O)[C@@H](N=[N+]=[N-])[C@H]1NC(=O)c1ccccc1. The molecule has 0 radical (unpaired) electrons. The van der Waals surface area contributed by atoms with E-state index >= 15 is 0 Å². The van der Waals surface area contributed by atoms with E-state index in [0.29, 0.717) is 5.56 Å². The van der Waals surface area contributed by atoms with Gasteiger partial charge < -0.3 is 19.9 Å². The van der Waals surface area contributed by atoms with Crippen LogP contribution >= 0.6 is 0 Å². The maximum absolute atomic E-state index is 12.6. The molecule has 0 aromatic heterocycles. The molecule has 1 saturated heterocycles. The number of hydrogen-bond donors (Lipinski definition) is 2. The molecule has 2 aromatic rings. The average Bonchev–Trinajstić information content (AvgIpc) is 2.81. The zero-order valence-corrected chi connectivity index (χ0v) is 18.8. The first-order valence-electron chi connectivity index (χ1n) is 9.99. The lowest BCUT2D eigenvalue weighted by Crippen LogP contribution is -2.64. The third kappa shape index (κ3) is 5.88. The van der Waals surface area contributed by atoms with Crippen LogP contribution in [-0.2, 0) is 23.8 Å². The van der Waals surface area contributed by atoms with Gasteiger partial charge in [-0.25, -0.2) is 0 Å². The summed E-state index contributed by atoms with van der Waals surface area (Å²) in [4.78, 5) is 15.3. The molecule has 1 amide bonds. The van der Waals surface area contributed by atoms with Crippen LogP contribution in [0.2, 0.25) is 0 Å². The average molecular weight is 477 g/mol. The maximum Gasteiger partial charge on any atom is 0.297 e. The van der Waals surface area contributed by atoms with Crippen LogP contribution < -0.4 is 5.32 Å². The molecule has 0 unspecified atom stereocenters. The minimum Gasteiger partial charge on any atom is -0.390 e. The molecule has 2 aromatic carbocycles. The van der Waals surface area contributed by atoms with Gasteiger partial charge in [-0.15, -0.1) is 0 Å². The van der Waals surface area contributed by atoms with E-state index < -0.39 is 53.2 Å². The Balaban J connectivity index is 1.76. The molecule has 0 spiro atoms. The van der Waals surface area contributed by atoms with Crippen molar-refractivity contribution in [2.45, 2.75) is 42.4 Å². The summed E-state index contributed by atoms with van der Waals surface area (Å²) in [6.07, 6.45) is -3.84. The molecule has 0 aliphatic carbocycles. The second-order valence-electron chi connectivity index (χ2n) is 7.38. The van der Waals surface area contributed by atoms with E-state index in [9.17, 15) is 18.3 Å². The molecular weight excluding hydrogens is 452 g/mol. The van der Waals surface area contributed by atoms with Gasteiger partial charge in [0, 0.05) is 17.6 Å².